The van der Waals surface area contributed by atoms with Crippen LogP contribution >= 0.6 is 0 Å². The van der Waals surface area contributed by atoms with Gasteiger partial charge in [-0.15, -0.1) is 0 Å². The Kier molecular flexibility index (Phi) is 2.33. The highest BCUT2D eigenvalue weighted by molar-refractivity contribution is 6.09. The maximum absolute atomic E-state index is 4.56. The maximum Gasteiger partial charge on any atom is 0.128 e. The van der Waals surface area contributed by atoms with Crippen molar-refractivity contribution in [2.45, 2.75) is 6.42 Å². The van der Waals surface area contributed by atoms with Gasteiger partial charge in [0.15, 0.2) is 0 Å². The van der Waals surface area contributed by atoms with Crippen LogP contribution in [0.1, 0.15) is 12.0 Å². The summed E-state index contributed by atoms with van der Waals surface area (Å²) >= 11 is 0. The Labute approximate surface area is 95.0 Å². The fourth-order valence-corrected chi connectivity index (χ4v) is 2.14. The SMILES string of the molecule is c1ccc2c(C3=NCCCN3)cccc2c1. The molecule has 2 aromatic rings. The van der Waals surface area contributed by atoms with Crippen LogP contribution in [0.25, 0.3) is 10.8 Å². The quantitative estimate of drug-likeness (QED) is 0.768. The van der Waals surface area contributed by atoms with E-state index in [1.54, 1.807) is 0 Å². The number of amidine groups is 1. The molecule has 3 rings (SSSR count). The zero-order valence-corrected chi connectivity index (χ0v) is 9.11. The molecule has 1 N–H and O–H groups in total. The van der Waals surface area contributed by atoms with Crippen LogP contribution in [0.5, 0.6) is 0 Å². The van der Waals surface area contributed by atoms with Crippen LogP contribution in [0.15, 0.2) is 47.5 Å². The molecule has 0 spiro atoms. The van der Waals surface area contributed by atoms with E-state index in [9.17, 15) is 0 Å². The van der Waals surface area contributed by atoms with Gasteiger partial charge in [-0.25, -0.2) is 0 Å². The molecule has 0 saturated carbocycles. The van der Waals surface area contributed by atoms with E-state index in [2.05, 4.69) is 52.8 Å². The largest absolute Gasteiger partial charge is 0.370 e. The summed E-state index contributed by atoms with van der Waals surface area (Å²) in [6.07, 6.45) is 1.13. The van der Waals surface area contributed by atoms with Crippen LogP contribution < -0.4 is 5.32 Å². The number of nitrogens with zero attached hydrogens (tertiary/aromatic N) is 1. The first-order valence-corrected chi connectivity index (χ1v) is 5.71. The molecule has 0 fully saturated rings. The van der Waals surface area contributed by atoms with E-state index in [-0.39, 0.29) is 0 Å². The number of aliphatic imine (C=N–C) groups is 1. The molecule has 0 unspecified atom stereocenters. The Hall–Kier alpha value is -1.83. The van der Waals surface area contributed by atoms with E-state index in [4.69, 9.17) is 0 Å². The summed E-state index contributed by atoms with van der Waals surface area (Å²) in [7, 11) is 0. The molecule has 0 radical (unpaired) electrons. The molecule has 0 aromatic heterocycles. The minimum Gasteiger partial charge on any atom is -0.370 e. The third-order valence-corrected chi connectivity index (χ3v) is 2.94. The van der Waals surface area contributed by atoms with Crippen molar-refractivity contribution in [3.63, 3.8) is 0 Å². The van der Waals surface area contributed by atoms with Crippen molar-refractivity contribution in [2.24, 2.45) is 4.99 Å². The molecular formula is C14H14N2. The lowest BCUT2D eigenvalue weighted by molar-refractivity contribution is 0.743. The lowest BCUT2D eigenvalue weighted by Gasteiger charge is -2.16. The summed E-state index contributed by atoms with van der Waals surface area (Å²) in [6, 6.07) is 14.8. The van der Waals surface area contributed by atoms with Gasteiger partial charge in [-0.3, -0.25) is 4.99 Å². The van der Waals surface area contributed by atoms with E-state index in [0.717, 1.165) is 25.3 Å². The molecule has 2 nitrogen and oxygen atoms in total. The van der Waals surface area contributed by atoms with Crippen molar-refractivity contribution >= 4 is 16.6 Å². The second kappa shape index (κ2) is 3.97. The minimum atomic E-state index is 0.936. The Morgan fingerprint density at radius 2 is 1.88 bits per heavy atom. The maximum atomic E-state index is 4.56. The molecule has 0 aliphatic carbocycles. The molecule has 1 aliphatic heterocycles. The molecule has 0 bridgehead atoms. The number of rotatable bonds is 1. The lowest BCUT2D eigenvalue weighted by Crippen LogP contribution is -2.30. The van der Waals surface area contributed by atoms with Gasteiger partial charge in [0.05, 0.1) is 0 Å². The van der Waals surface area contributed by atoms with Gasteiger partial charge in [-0.2, -0.15) is 0 Å². The van der Waals surface area contributed by atoms with Crippen molar-refractivity contribution in [1.82, 2.24) is 5.32 Å². The van der Waals surface area contributed by atoms with E-state index in [1.807, 2.05) is 0 Å². The third kappa shape index (κ3) is 1.56. The molecule has 16 heavy (non-hydrogen) atoms. The molecule has 2 aromatic carbocycles. The Bertz CT molecular complexity index is 538. The molecule has 0 atom stereocenters. The number of nitrogens with one attached hydrogen (secondary N) is 1. The van der Waals surface area contributed by atoms with Gasteiger partial charge in [0.2, 0.25) is 0 Å². The first-order valence-electron chi connectivity index (χ1n) is 5.71. The van der Waals surface area contributed by atoms with Gasteiger partial charge in [-0.05, 0) is 17.2 Å². The van der Waals surface area contributed by atoms with Gasteiger partial charge in [-0.1, -0.05) is 42.5 Å². The molecular weight excluding hydrogens is 196 g/mol. The molecule has 2 heteroatoms. The van der Waals surface area contributed by atoms with Crippen LogP contribution in [-0.4, -0.2) is 18.9 Å². The van der Waals surface area contributed by atoms with E-state index in [1.165, 1.54) is 16.3 Å². The van der Waals surface area contributed by atoms with E-state index >= 15 is 0 Å². The number of hydrogen-bond acceptors (Lipinski definition) is 2. The van der Waals surface area contributed by atoms with E-state index < -0.39 is 0 Å². The molecule has 1 heterocycles. The van der Waals surface area contributed by atoms with Gasteiger partial charge in [0.1, 0.15) is 5.84 Å². The Morgan fingerprint density at radius 3 is 2.75 bits per heavy atom. The van der Waals surface area contributed by atoms with Crippen LogP contribution in [0.2, 0.25) is 0 Å². The summed E-state index contributed by atoms with van der Waals surface area (Å²) < 4.78 is 0. The summed E-state index contributed by atoms with van der Waals surface area (Å²) in [6.45, 7) is 1.97. The molecule has 0 amide bonds. The predicted octanol–water partition coefficient (Wildman–Crippen LogP) is 2.58. The average molecular weight is 210 g/mol. The monoisotopic (exact) mass is 210 g/mol. The third-order valence-electron chi connectivity index (χ3n) is 2.94. The minimum absolute atomic E-state index is 0.936. The smallest absolute Gasteiger partial charge is 0.128 e. The van der Waals surface area contributed by atoms with Crippen molar-refractivity contribution in [3.05, 3.63) is 48.0 Å². The predicted molar refractivity (Wildman–Crippen MR) is 68.0 cm³/mol. The van der Waals surface area contributed by atoms with Crippen molar-refractivity contribution in [3.8, 4) is 0 Å². The van der Waals surface area contributed by atoms with Gasteiger partial charge in [0.25, 0.3) is 0 Å². The standard InChI is InChI=1S/C14H14N2/c1-2-7-12-11(5-1)6-3-8-13(12)14-15-9-4-10-16-14/h1-3,5-8H,4,9-10H2,(H,15,16). The van der Waals surface area contributed by atoms with Crippen molar-refractivity contribution in [1.29, 1.82) is 0 Å². The van der Waals surface area contributed by atoms with Gasteiger partial charge < -0.3 is 5.32 Å². The van der Waals surface area contributed by atoms with Crippen LogP contribution in [-0.2, 0) is 0 Å². The highest BCUT2D eigenvalue weighted by atomic mass is 15.0. The van der Waals surface area contributed by atoms with Crippen LogP contribution in [0, 0.1) is 0 Å². The fourth-order valence-electron chi connectivity index (χ4n) is 2.14. The lowest BCUT2D eigenvalue weighted by atomic mass is 10.0. The normalized spacial score (nSPS) is 15.6. The van der Waals surface area contributed by atoms with Gasteiger partial charge in [0, 0.05) is 18.7 Å². The fraction of sp³-hybridized carbons (Fsp3) is 0.214. The first-order chi connectivity index (χ1) is 7.95. The highest BCUT2D eigenvalue weighted by Gasteiger charge is 2.09. The number of benzene rings is 2. The van der Waals surface area contributed by atoms with Crippen molar-refractivity contribution in [2.75, 3.05) is 13.1 Å². The Morgan fingerprint density at radius 1 is 1.00 bits per heavy atom. The van der Waals surface area contributed by atoms with E-state index in [0.29, 0.717) is 0 Å². The average Bonchev–Trinajstić information content (AvgIpc) is 2.39. The summed E-state index contributed by atoms with van der Waals surface area (Å²) in [4.78, 5) is 4.56. The van der Waals surface area contributed by atoms with Crippen molar-refractivity contribution < 1.29 is 0 Å². The molecule has 80 valence electrons. The number of hydrogen-bond donors (Lipinski definition) is 1. The van der Waals surface area contributed by atoms with Crippen LogP contribution in [0.3, 0.4) is 0 Å². The van der Waals surface area contributed by atoms with Gasteiger partial charge >= 0.3 is 0 Å². The summed E-state index contributed by atoms with van der Waals surface area (Å²) in [5, 5.41) is 5.93. The Balaban J connectivity index is 2.19. The summed E-state index contributed by atoms with van der Waals surface area (Å²) in [5.41, 5.74) is 1.22. The zero-order valence-electron chi connectivity index (χ0n) is 9.11. The highest BCUT2D eigenvalue weighted by Crippen LogP contribution is 2.19. The summed E-state index contributed by atoms with van der Waals surface area (Å²) in [5.74, 6) is 1.04. The van der Waals surface area contributed by atoms with Crippen LogP contribution in [0.4, 0.5) is 0 Å². The molecule has 0 saturated heterocycles. The second-order valence-corrected chi connectivity index (χ2v) is 4.04. The second-order valence-electron chi connectivity index (χ2n) is 4.04. The molecule has 1 aliphatic rings. The topological polar surface area (TPSA) is 24.4 Å². The zero-order chi connectivity index (χ0) is 10.8. The first kappa shape index (κ1) is 9.40. The number of fused-ring (bicyclic) bond motifs is 1.